The van der Waals surface area contributed by atoms with E-state index in [1.807, 2.05) is 39.1 Å². The molecule has 1 saturated carbocycles. The van der Waals surface area contributed by atoms with Gasteiger partial charge >= 0.3 is 5.63 Å². The maximum Gasteiger partial charge on any atom is 0.336 e. The number of hydrogen-bond acceptors (Lipinski definition) is 5. The second kappa shape index (κ2) is 9.08. The van der Waals surface area contributed by atoms with Gasteiger partial charge in [0, 0.05) is 41.2 Å². The van der Waals surface area contributed by atoms with Crippen LogP contribution in [0.5, 0.6) is 0 Å². The van der Waals surface area contributed by atoms with Gasteiger partial charge in [-0.1, -0.05) is 31.4 Å². The molecule has 0 aliphatic heterocycles. The number of hydrogen-bond donors (Lipinski definition) is 1. The molecule has 1 aromatic carbocycles. The summed E-state index contributed by atoms with van der Waals surface area (Å²) in [6.07, 6.45) is 8.37. The van der Waals surface area contributed by atoms with Gasteiger partial charge in [0.1, 0.15) is 11.3 Å². The SMILES string of the molecule is Cc1ccc2c(-c3cc4c(CNC5CCCCC5)cnc(C)c4o3)cc(=O)oc2c1C.Cl. The fourth-order valence-corrected chi connectivity index (χ4v) is 4.70. The summed E-state index contributed by atoms with van der Waals surface area (Å²) in [6, 6.07) is 8.20. The average molecular weight is 453 g/mol. The average Bonchev–Trinajstić information content (AvgIpc) is 3.23. The third kappa shape index (κ3) is 4.07. The molecule has 1 N–H and O–H groups in total. The van der Waals surface area contributed by atoms with Crippen molar-refractivity contribution in [1.82, 2.24) is 10.3 Å². The maximum atomic E-state index is 12.3. The van der Waals surface area contributed by atoms with E-state index in [0.29, 0.717) is 17.4 Å². The molecule has 0 amide bonds. The molecule has 0 bridgehead atoms. The first-order chi connectivity index (χ1) is 15.0. The maximum absolute atomic E-state index is 12.3. The van der Waals surface area contributed by atoms with E-state index in [4.69, 9.17) is 8.83 Å². The third-order valence-corrected chi connectivity index (χ3v) is 6.70. The van der Waals surface area contributed by atoms with Gasteiger partial charge < -0.3 is 14.2 Å². The smallest absolute Gasteiger partial charge is 0.336 e. The van der Waals surface area contributed by atoms with Gasteiger partial charge in [0.25, 0.3) is 0 Å². The van der Waals surface area contributed by atoms with Crippen LogP contribution in [0.4, 0.5) is 0 Å². The number of rotatable bonds is 4. The molecule has 5 nitrogen and oxygen atoms in total. The first-order valence-corrected chi connectivity index (χ1v) is 11.2. The summed E-state index contributed by atoms with van der Waals surface area (Å²) >= 11 is 0. The zero-order valence-corrected chi connectivity index (χ0v) is 19.6. The lowest BCUT2D eigenvalue weighted by Gasteiger charge is -2.22. The number of nitrogens with zero attached hydrogens (tertiary/aromatic N) is 1. The van der Waals surface area contributed by atoms with E-state index in [2.05, 4.69) is 16.4 Å². The van der Waals surface area contributed by atoms with Gasteiger partial charge in [-0.25, -0.2) is 4.79 Å². The zero-order chi connectivity index (χ0) is 21.5. The number of pyridine rings is 1. The van der Waals surface area contributed by atoms with Gasteiger partial charge in [-0.3, -0.25) is 4.98 Å². The standard InChI is InChI=1S/C26H28N2O3.ClH/c1-15-9-10-20-22(12-24(29)31-25(20)16(15)2)23-11-21-18(13-27-17(3)26(21)30-23)14-28-19-7-5-4-6-8-19;/h9-13,19,28H,4-8,14H2,1-3H3;1H. The van der Waals surface area contributed by atoms with Crippen LogP contribution in [0.25, 0.3) is 33.3 Å². The summed E-state index contributed by atoms with van der Waals surface area (Å²) in [4.78, 5) is 16.9. The molecule has 5 rings (SSSR count). The van der Waals surface area contributed by atoms with Crippen molar-refractivity contribution in [2.45, 2.75) is 65.5 Å². The molecule has 1 fully saturated rings. The monoisotopic (exact) mass is 452 g/mol. The summed E-state index contributed by atoms with van der Waals surface area (Å²) in [5, 5.41) is 5.64. The molecule has 0 atom stereocenters. The summed E-state index contributed by atoms with van der Waals surface area (Å²) in [5.74, 6) is 0.672. The molecule has 32 heavy (non-hydrogen) atoms. The Labute approximate surface area is 193 Å². The normalized spacial score (nSPS) is 14.7. The predicted octanol–water partition coefficient (Wildman–Crippen LogP) is 6.37. The van der Waals surface area contributed by atoms with Crippen molar-refractivity contribution in [1.29, 1.82) is 0 Å². The molecule has 6 heteroatoms. The van der Waals surface area contributed by atoms with Crippen molar-refractivity contribution in [2.24, 2.45) is 0 Å². The van der Waals surface area contributed by atoms with E-state index in [1.54, 1.807) is 0 Å². The van der Waals surface area contributed by atoms with Crippen LogP contribution in [-0.2, 0) is 6.54 Å². The highest BCUT2D eigenvalue weighted by Crippen LogP contribution is 2.35. The van der Waals surface area contributed by atoms with Crippen molar-refractivity contribution >= 4 is 34.3 Å². The molecule has 0 unspecified atom stereocenters. The fourth-order valence-electron chi connectivity index (χ4n) is 4.70. The highest BCUT2D eigenvalue weighted by Gasteiger charge is 2.18. The van der Waals surface area contributed by atoms with Gasteiger partial charge in [-0.05, 0) is 56.4 Å². The van der Waals surface area contributed by atoms with Gasteiger partial charge in [-0.15, -0.1) is 12.4 Å². The minimum atomic E-state index is -0.370. The third-order valence-electron chi connectivity index (χ3n) is 6.70. The molecule has 0 saturated heterocycles. The Hall–Kier alpha value is -2.63. The molecule has 4 aromatic rings. The van der Waals surface area contributed by atoms with E-state index in [0.717, 1.165) is 50.8 Å². The second-order valence-corrected chi connectivity index (χ2v) is 8.80. The minimum Gasteiger partial charge on any atom is -0.454 e. The molecule has 1 aliphatic rings. The molecule has 0 spiro atoms. The summed E-state index contributed by atoms with van der Waals surface area (Å²) < 4.78 is 11.8. The van der Waals surface area contributed by atoms with E-state index < -0.39 is 0 Å². The first kappa shape index (κ1) is 22.6. The van der Waals surface area contributed by atoms with Crippen molar-refractivity contribution in [3.8, 4) is 11.3 Å². The molecular formula is C26H29ClN2O3. The Morgan fingerprint density at radius 1 is 1.00 bits per heavy atom. The second-order valence-electron chi connectivity index (χ2n) is 8.80. The number of benzene rings is 1. The number of nitrogens with one attached hydrogen (secondary N) is 1. The molecule has 1 aliphatic carbocycles. The van der Waals surface area contributed by atoms with E-state index in [1.165, 1.54) is 38.2 Å². The van der Waals surface area contributed by atoms with Crippen molar-refractivity contribution in [3.63, 3.8) is 0 Å². The fraction of sp³-hybridized carbons (Fsp3) is 0.385. The topological polar surface area (TPSA) is 68.3 Å². The highest BCUT2D eigenvalue weighted by molar-refractivity contribution is 5.97. The van der Waals surface area contributed by atoms with Crippen LogP contribution < -0.4 is 10.9 Å². The van der Waals surface area contributed by atoms with E-state index in [9.17, 15) is 4.79 Å². The van der Waals surface area contributed by atoms with Gasteiger partial charge in [0.2, 0.25) is 0 Å². The number of furan rings is 1. The Balaban J connectivity index is 0.00000245. The zero-order valence-electron chi connectivity index (χ0n) is 18.8. The Kier molecular flexibility index (Phi) is 6.40. The summed E-state index contributed by atoms with van der Waals surface area (Å²) in [5.41, 5.74) is 5.83. The van der Waals surface area contributed by atoms with E-state index in [-0.39, 0.29) is 18.0 Å². The minimum absolute atomic E-state index is 0. The summed E-state index contributed by atoms with van der Waals surface area (Å²) in [6.45, 7) is 6.72. The largest absolute Gasteiger partial charge is 0.454 e. The lowest BCUT2D eigenvalue weighted by molar-refractivity contribution is 0.372. The molecule has 3 heterocycles. The van der Waals surface area contributed by atoms with Gasteiger partial charge in [-0.2, -0.15) is 0 Å². The lowest BCUT2D eigenvalue weighted by atomic mass is 9.95. The van der Waals surface area contributed by atoms with Crippen LogP contribution >= 0.6 is 12.4 Å². The Bertz CT molecular complexity index is 1330. The van der Waals surface area contributed by atoms with Crippen LogP contribution in [-0.4, -0.2) is 11.0 Å². The van der Waals surface area contributed by atoms with Gasteiger partial charge in [0.15, 0.2) is 5.58 Å². The summed E-state index contributed by atoms with van der Waals surface area (Å²) in [7, 11) is 0. The predicted molar refractivity (Wildman–Crippen MR) is 131 cm³/mol. The Morgan fingerprint density at radius 2 is 1.78 bits per heavy atom. The molecule has 3 aromatic heterocycles. The number of aromatic nitrogens is 1. The first-order valence-electron chi connectivity index (χ1n) is 11.2. The van der Waals surface area contributed by atoms with Crippen molar-refractivity contribution in [2.75, 3.05) is 0 Å². The van der Waals surface area contributed by atoms with Crippen LogP contribution in [0, 0.1) is 20.8 Å². The van der Waals surface area contributed by atoms with Crippen LogP contribution in [0.1, 0.15) is 54.5 Å². The quantitative estimate of drug-likeness (QED) is 0.364. The van der Waals surface area contributed by atoms with Gasteiger partial charge in [0.05, 0.1) is 5.69 Å². The van der Waals surface area contributed by atoms with Crippen LogP contribution in [0.15, 0.2) is 44.1 Å². The van der Waals surface area contributed by atoms with Crippen molar-refractivity contribution in [3.05, 3.63) is 63.3 Å². The van der Waals surface area contributed by atoms with Crippen LogP contribution in [0.2, 0.25) is 0 Å². The highest BCUT2D eigenvalue weighted by atomic mass is 35.5. The number of aryl methyl sites for hydroxylation is 3. The molecule has 168 valence electrons. The number of halogens is 1. The van der Waals surface area contributed by atoms with Crippen LogP contribution in [0.3, 0.4) is 0 Å². The number of fused-ring (bicyclic) bond motifs is 2. The van der Waals surface area contributed by atoms with E-state index >= 15 is 0 Å². The molecule has 0 radical (unpaired) electrons. The molecular weight excluding hydrogens is 424 g/mol. The van der Waals surface area contributed by atoms with Crippen molar-refractivity contribution < 1.29 is 8.83 Å². The Morgan fingerprint density at radius 3 is 2.56 bits per heavy atom. The lowest BCUT2D eigenvalue weighted by Crippen LogP contribution is -2.30.